The van der Waals surface area contributed by atoms with E-state index in [2.05, 4.69) is 0 Å². The van der Waals surface area contributed by atoms with Crippen LogP contribution < -0.4 is 4.74 Å². The van der Waals surface area contributed by atoms with Crippen LogP contribution in [0.3, 0.4) is 0 Å². The van der Waals surface area contributed by atoms with Crippen molar-refractivity contribution < 1.29 is 14.3 Å². The number of amides is 2. The Labute approximate surface area is 199 Å². The number of carbonyl (C=O) groups excluding carboxylic acids is 2. The van der Waals surface area contributed by atoms with Gasteiger partial charge in [-0.05, 0) is 49.6 Å². The molecule has 170 valence electrons. The number of piperidine rings is 2. The Morgan fingerprint density at radius 3 is 2.47 bits per heavy atom. The summed E-state index contributed by atoms with van der Waals surface area (Å²) >= 11 is 12.4. The minimum absolute atomic E-state index is 0.104. The van der Waals surface area contributed by atoms with Crippen LogP contribution in [0.25, 0.3) is 0 Å². The lowest BCUT2D eigenvalue weighted by atomic mass is 9.90. The monoisotopic (exact) mass is 474 g/mol. The molecule has 4 rings (SSSR count). The quantitative estimate of drug-likeness (QED) is 0.590. The summed E-state index contributed by atoms with van der Waals surface area (Å²) in [5.41, 5.74) is 0.490. The van der Waals surface area contributed by atoms with E-state index < -0.39 is 0 Å². The molecule has 0 N–H and O–H groups in total. The van der Waals surface area contributed by atoms with Crippen molar-refractivity contribution in [1.29, 1.82) is 0 Å². The van der Waals surface area contributed by atoms with Crippen molar-refractivity contribution in [3.05, 3.63) is 64.1 Å². The highest BCUT2D eigenvalue weighted by Crippen LogP contribution is 2.29. The standard InChI is InChI=1S/C25H28Cl2N2O3/c26-19-7-6-8-20(16-19)32-23-11-14-29(25(31)21-9-2-3-10-22(21)27)17-18(23)15-24(30)28-12-4-1-5-13-28/h2-3,6-10,16,18,23H,1,4-5,11-15,17H2/t18-,23-/m0/s1. The molecule has 2 atom stereocenters. The van der Waals surface area contributed by atoms with Gasteiger partial charge in [-0.25, -0.2) is 0 Å². The number of nitrogens with zero attached hydrogens (tertiary/aromatic N) is 2. The van der Waals surface area contributed by atoms with Crippen LogP contribution in [-0.2, 0) is 4.79 Å². The third-order valence-electron chi connectivity index (χ3n) is 6.28. The average Bonchev–Trinajstić information content (AvgIpc) is 2.80. The van der Waals surface area contributed by atoms with Crippen LogP contribution >= 0.6 is 23.2 Å². The lowest BCUT2D eigenvalue weighted by molar-refractivity contribution is -0.134. The fraction of sp³-hybridized carbons (Fsp3) is 0.440. The third kappa shape index (κ3) is 5.57. The van der Waals surface area contributed by atoms with Gasteiger partial charge in [-0.1, -0.05) is 41.4 Å². The number of ether oxygens (including phenoxy) is 1. The summed E-state index contributed by atoms with van der Waals surface area (Å²) in [6.45, 7) is 2.62. The number of hydrogen-bond acceptors (Lipinski definition) is 3. The van der Waals surface area contributed by atoms with E-state index in [1.165, 1.54) is 6.42 Å². The minimum atomic E-state index is -0.169. The molecule has 0 spiro atoms. The van der Waals surface area contributed by atoms with Gasteiger partial charge in [0.2, 0.25) is 5.91 Å². The highest BCUT2D eigenvalue weighted by molar-refractivity contribution is 6.33. The van der Waals surface area contributed by atoms with E-state index in [0.29, 0.717) is 47.3 Å². The van der Waals surface area contributed by atoms with E-state index >= 15 is 0 Å². The highest BCUT2D eigenvalue weighted by atomic mass is 35.5. The maximum atomic E-state index is 13.2. The topological polar surface area (TPSA) is 49.9 Å². The molecular weight excluding hydrogens is 447 g/mol. The van der Waals surface area contributed by atoms with Crippen LogP contribution in [-0.4, -0.2) is 53.9 Å². The molecule has 0 bridgehead atoms. The Bertz CT molecular complexity index is 962. The van der Waals surface area contributed by atoms with Gasteiger partial charge in [0.1, 0.15) is 11.9 Å². The highest BCUT2D eigenvalue weighted by Gasteiger charge is 2.36. The summed E-state index contributed by atoms with van der Waals surface area (Å²) < 4.78 is 6.28. The minimum Gasteiger partial charge on any atom is -0.490 e. The second-order valence-electron chi connectivity index (χ2n) is 8.54. The van der Waals surface area contributed by atoms with Gasteiger partial charge < -0.3 is 14.5 Å². The fourth-order valence-electron chi connectivity index (χ4n) is 4.56. The van der Waals surface area contributed by atoms with Gasteiger partial charge in [0, 0.05) is 50.0 Å². The van der Waals surface area contributed by atoms with Gasteiger partial charge >= 0.3 is 0 Å². The second-order valence-corrected chi connectivity index (χ2v) is 9.38. The molecule has 5 nitrogen and oxygen atoms in total. The summed E-state index contributed by atoms with van der Waals surface area (Å²) in [4.78, 5) is 29.9. The smallest absolute Gasteiger partial charge is 0.255 e. The SMILES string of the molecule is O=C(C[C@H]1CN(C(=O)c2ccccc2Cl)CC[C@@H]1Oc1cccc(Cl)c1)N1CCCCC1. The molecule has 2 aliphatic heterocycles. The van der Waals surface area contributed by atoms with Crippen molar-refractivity contribution in [2.24, 2.45) is 5.92 Å². The van der Waals surface area contributed by atoms with Gasteiger partial charge in [0.05, 0.1) is 10.6 Å². The number of hydrogen-bond donors (Lipinski definition) is 0. The first-order chi connectivity index (χ1) is 15.5. The van der Waals surface area contributed by atoms with Crippen molar-refractivity contribution in [3.63, 3.8) is 0 Å². The van der Waals surface area contributed by atoms with Gasteiger partial charge in [0.25, 0.3) is 5.91 Å². The van der Waals surface area contributed by atoms with Crippen molar-refractivity contribution in [2.75, 3.05) is 26.2 Å². The Kier molecular flexibility index (Phi) is 7.59. The lowest BCUT2D eigenvalue weighted by Crippen LogP contribution is -2.50. The van der Waals surface area contributed by atoms with Crippen LogP contribution in [0.4, 0.5) is 0 Å². The van der Waals surface area contributed by atoms with Gasteiger partial charge in [-0.2, -0.15) is 0 Å². The first-order valence-corrected chi connectivity index (χ1v) is 12.0. The predicted molar refractivity (Wildman–Crippen MR) is 126 cm³/mol. The van der Waals surface area contributed by atoms with E-state index in [0.717, 1.165) is 25.9 Å². The first-order valence-electron chi connectivity index (χ1n) is 11.2. The summed E-state index contributed by atoms with van der Waals surface area (Å²) in [6, 6.07) is 14.4. The van der Waals surface area contributed by atoms with Crippen molar-refractivity contribution in [1.82, 2.24) is 9.80 Å². The summed E-state index contributed by atoms with van der Waals surface area (Å²) in [5, 5.41) is 1.05. The largest absolute Gasteiger partial charge is 0.490 e. The zero-order chi connectivity index (χ0) is 22.5. The Balaban J connectivity index is 1.50. The molecule has 2 aromatic carbocycles. The Hall–Kier alpha value is -2.24. The molecule has 2 aromatic rings. The molecular formula is C25H28Cl2N2O3. The van der Waals surface area contributed by atoms with Crippen LogP contribution in [0.5, 0.6) is 5.75 Å². The molecule has 2 heterocycles. The molecule has 2 amide bonds. The Morgan fingerprint density at radius 2 is 1.72 bits per heavy atom. The number of rotatable bonds is 5. The number of benzene rings is 2. The molecule has 2 fully saturated rings. The summed E-state index contributed by atoms with van der Waals surface area (Å²) in [6.07, 6.45) is 4.11. The number of carbonyl (C=O) groups is 2. The molecule has 0 unspecified atom stereocenters. The zero-order valence-corrected chi connectivity index (χ0v) is 19.5. The van der Waals surface area contributed by atoms with E-state index in [1.54, 1.807) is 29.2 Å². The molecule has 0 radical (unpaired) electrons. The average molecular weight is 475 g/mol. The van der Waals surface area contributed by atoms with E-state index in [9.17, 15) is 9.59 Å². The van der Waals surface area contributed by atoms with Gasteiger partial charge in [0.15, 0.2) is 0 Å². The first kappa shape index (κ1) is 22.9. The number of halogens is 2. The zero-order valence-electron chi connectivity index (χ0n) is 18.0. The fourth-order valence-corrected chi connectivity index (χ4v) is 4.96. The molecule has 0 aliphatic carbocycles. The van der Waals surface area contributed by atoms with E-state index in [-0.39, 0.29) is 23.8 Å². The molecule has 2 aliphatic rings. The van der Waals surface area contributed by atoms with Gasteiger partial charge in [-0.3, -0.25) is 9.59 Å². The molecule has 2 saturated heterocycles. The third-order valence-corrected chi connectivity index (χ3v) is 6.85. The van der Waals surface area contributed by atoms with E-state index in [4.69, 9.17) is 27.9 Å². The van der Waals surface area contributed by atoms with Crippen molar-refractivity contribution >= 4 is 35.0 Å². The van der Waals surface area contributed by atoms with Crippen LogP contribution in [0.1, 0.15) is 42.5 Å². The normalized spacial score (nSPS) is 21.3. The van der Waals surface area contributed by atoms with Gasteiger partial charge in [-0.15, -0.1) is 0 Å². The van der Waals surface area contributed by atoms with E-state index in [1.807, 2.05) is 29.2 Å². The van der Waals surface area contributed by atoms with Crippen LogP contribution in [0.15, 0.2) is 48.5 Å². The maximum absolute atomic E-state index is 13.2. The van der Waals surface area contributed by atoms with Crippen LogP contribution in [0, 0.1) is 5.92 Å². The lowest BCUT2D eigenvalue weighted by Gasteiger charge is -2.39. The molecule has 0 saturated carbocycles. The van der Waals surface area contributed by atoms with Crippen LogP contribution in [0.2, 0.25) is 10.0 Å². The Morgan fingerprint density at radius 1 is 0.938 bits per heavy atom. The summed E-state index contributed by atoms with van der Waals surface area (Å²) in [7, 11) is 0. The van der Waals surface area contributed by atoms with Crippen molar-refractivity contribution in [3.8, 4) is 5.75 Å². The molecule has 0 aromatic heterocycles. The summed E-state index contributed by atoms with van der Waals surface area (Å²) in [5.74, 6) is 0.612. The molecule has 32 heavy (non-hydrogen) atoms. The second kappa shape index (κ2) is 10.6. The maximum Gasteiger partial charge on any atom is 0.255 e. The predicted octanol–water partition coefficient (Wildman–Crippen LogP) is 5.31. The van der Waals surface area contributed by atoms with Crippen molar-refractivity contribution in [2.45, 2.75) is 38.2 Å². The molecule has 7 heteroatoms. The number of likely N-dealkylation sites (tertiary alicyclic amines) is 2.